The van der Waals surface area contributed by atoms with E-state index in [9.17, 15) is 9.59 Å². The number of aliphatic imine (C=N–C) groups is 1. The van der Waals surface area contributed by atoms with Crippen LogP contribution in [0.25, 0.3) is 61.9 Å². The van der Waals surface area contributed by atoms with E-state index in [1.54, 1.807) is 16.7 Å². The van der Waals surface area contributed by atoms with Gasteiger partial charge in [0.15, 0.2) is 28.6 Å². The summed E-state index contributed by atoms with van der Waals surface area (Å²) >= 11 is 0. The van der Waals surface area contributed by atoms with E-state index in [2.05, 4.69) is 125 Å². The molecule has 1 atom stereocenters. The molecule has 1 saturated carbocycles. The second kappa shape index (κ2) is 22.0. The highest BCUT2D eigenvalue weighted by atomic mass is 16.2. The van der Waals surface area contributed by atoms with Crippen LogP contribution in [0.15, 0.2) is 154 Å². The van der Waals surface area contributed by atoms with E-state index < -0.39 is 0 Å². The molecule has 2 aliphatic heterocycles. The zero-order valence-corrected chi connectivity index (χ0v) is 43.4. The lowest BCUT2D eigenvalue weighted by Crippen LogP contribution is -2.46. The molecule has 18 nitrogen and oxygen atoms in total. The molecule has 0 saturated heterocycles. The smallest absolute Gasteiger partial charge is 0.337 e. The Morgan fingerprint density at radius 1 is 0.632 bits per heavy atom. The lowest BCUT2D eigenvalue weighted by molar-refractivity contribution is 0.211. The summed E-state index contributed by atoms with van der Waals surface area (Å²) in [5.74, 6) is 4.09. The van der Waals surface area contributed by atoms with E-state index in [-0.39, 0.29) is 17.4 Å². The number of aromatic amines is 2. The van der Waals surface area contributed by atoms with Gasteiger partial charge in [0.2, 0.25) is 0 Å². The van der Waals surface area contributed by atoms with Gasteiger partial charge in [-0.25, -0.2) is 29.5 Å². The number of hydrogen-bond acceptors (Lipinski definition) is 13. The van der Waals surface area contributed by atoms with Crippen molar-refractivity contribution in [3.05, 3.63) is 177 Å². The Kier molecular flexibility index (Phi) is 14.3. The molecule has 1 unspecified atom stereocenters. The number of tetrazole rings is 2. The number of hydrogen-bond donors (Lipinski definition) is 2. The average molecular weight is 1020 g/mol. The number of H-pyrrole nitrogens is 2. The molecule has 0 amide bonds. The van der Waals surface area contributed by atoms with Gasteiger partial charge in [0.05, 0.1) is 18.1 Å². The average Bonchev–Trinajstić information content (AvgIpc) is 4.00. The lowest BCUT2D eigenvalue weighted by Gasteiger charge is -2.38. The van der Waals surface area contributed by atoms with Crippen LogP contribution < -0.4 is 11.2 Å². The first kappa shape index (κ1) is 49.4. The predicted molar refractivity (Wildman–Crippen MR) is 295 cm³/mol. The maximum Gasteiger partial charge on any atom is 0.337 e. The molecule has 6 heterocycles. The largest absolute Gasteiger partial charge is 0.358 e. The van der Waals surface area contributed by atoms with Crippen LogP contribution in [0.5, 0.6) is 0 Å². The van der Waals surface area contributed by atoms with E-state index in [1.807, 2.05) is 85.1 Å². The maximum atomic E-state index is 13.9. The minimum atomic E-state index is -0.372. The third kappa shape index (κ3) is 9.97. The van der Waals surface area contributed by atoms with Gasteiger partial charge in [-0.3, -0.25) is 9.36 Å². The topological polar surface area (TPSA) is 193 Å². The highest BCUT2D eigenvalue weighted by Gasteiger charge is 2.37. The van der Waals surface area contributed by atoms with Gasteiger partial charge < -0.3 is 19.3 Å². The van der Waals surface area contributed by atoms with Gasteiger partial charge in [-0.15, -0.1) is 10.2 Å². The van der Waals surface area contributed by atoms with Crippen molar-refractivity contribution >= 4 is 17.0 Å². The van der Waals surface area contributed by atoms with Gasteiger partial charge in [0.1, 0.15) is 12.0 Å². The van der Waals surface area contributed by atoms with E-state index in [4.69, 9.17) is 9.98 Å². The Labute approximate surface area is 440 Å². The van der Waals surface area contributed by atoms with Crippen LogP contribution in [0.2, 0.25) is 0 Å². The Morgan fingerprint density at radius 3 is 1.75 bits per heavy atom. The van der Waals surface area contributed by atoms with Crippen LogP contribution in [0.3, 0.4) is 0 Å². The molecule has 1 aliphatic carbocycles. The Bertz CT molecular complexity index is 3610. The first-order valence-corrected chi connectivity index (χ1v) is 26.5. The first-order chi connectivity index (χ1) is 37.3. The molecule has 4 aromatic heterocycles. The molecule has 18 heteroatoms. The molecule has 3 aliphatic rings. The summed E-state index contributed by atoms with van der Waals surface area (Å²) in [4.78, 5) is 44.9. The second-order valence-electron chi connectivity index (χ2n) is 19.6. The molecule has 5 aromatic carbocycles. The quantitative estimate of drug-likeness (QED) is 0.0881. The highest BCUT2D eigenvalue weighted by Crippen LogP contribution is 2.36. The monoisotopic (exact) mass is 1010 g/mol. The van der Waals surface area contributed by atoms with Crippen molar-refractivity contribution in [2.45, 2.75) is 92.0 Å². The fourth-order valence-corrected chi connectivity index (χ4v) is 10.5. The molecule has 0 bridgehead atoms. The number of fused-ring (bicyclic) bond motifs is 2. The van der Waals surface area contributed by atoms with Gasteiger partial charge in [0, 0.05) is 56.5 Å². The van der Waals surface area contributed by atoms with Crippen LogP contribution in [0, 0.1) is 5.92 Å². The van der Waals surface area contributed by atoms with Gasteiger partial charge in [-0.05, 0) is 104 Å². The number of para-hydroxylation sites is 1. The maximum absolute atomic E-state index is 13.9. The summed E-state index contributed by atoms with van der Waals surface area (Å²) in [5.41, 5.74) is 10.4. The molecule has 1 fully saturated rings. The third-order valence-corrected chi connectivity index (χ3v) is 14.3. The molecule has 76 heavy (non-hydrogen) atoms. The molecular formula is C58H62N16O2. The number of nitrogens with zero attached hydrogens (tertiary/aromatic N) is 14. The SMILES string of the molecule is CCCN1CN(CC2CC2)C=C2C1=NC(CC)N2Cc1ccc(-c2ccccc2-c2nnn[nH]2)cc1.CCCn1c(=O)n(-c2ccccc2)c(=O)c2c1nc(CC)n2Cc1ccc(-c2ccccc2-c2nnn[nH]2)cc1. The fourth-order valence-electron chi connectivity index (χ4n) is 10.5. The molecular weight excluding hydrogens is 953 g/mol. The van der Waals surface area contributed by atoms with Crippen molar-refractivity contribution in [3.63, 3.8) is 0 Å². The van der Waals surface area contributed by atoms with Crippen LogP contribution in [0.4, 0.5) is 0 Å². The summed E-state index contributed by atoms with van der Waals surface area (Å²) in [6.45, 7) is 13.5. The Hall–Kier alpha value is -8.80. The number of aromatic nitrogens is 12. The normalized spacial score (nSPS) is 15.2. The number of nitrogens with one attached hydrogen (secondary N) is 2. The molecule has 12 rings (SSSR count). The minimum Gasteiger partial charge on any atom is -0.358 e. The van der Waals surface area contributed by atoms with Crippen LogP contribution in [-0.4, -0.2) is 106 Å². The number of benzene rings is 5. The summed E-state index contributed by atoms with van der Waals surface area (Å²) in [6.07, 6.45) is 8.81. The van der Waals surface area contributed by atoms with Crippen LogP contribution in [-0.2, 0) is 26.1 Å². The van der Waals surface area contributed by atoms with Crippen molar-refractivity contribution in [2.75, 3.05) is 19.8 Å². The van der Waals surface area contributed by atoms with Crippen molar-refractivity contribution in [1.29, 1.82) is 0 Å². The number of aryl methyl sites for hydroxylation is 2. The lowest BCUT2D eigenvalue weighted by atomic mass is 9.98. The first-order valence-electron chi connectivity index (χ1n) is 26.5. The molecule has 0 spiro atoms. The van der Waals surface area contributed by atoms with Gasteiger partial charge >= 0.3 is 5.69 Å². The fraction of sp³-hybridized carbons (Fsp3) is 0.310. The van der Waals surface area contributed by atoms with Crippen molar-refractivity contribution < 1.29 is 0 Å². The van der Waals surface area contributed by atoms with Crippen LogP contribution >= 0.6 is 0 Å². The van der Waals surface area contributed by atoms with E-state index >= 15 is 0 Å². The Morgan fingerprint density at radius 2 is 1.21 bits per heavy atom. The standard InChI is InChI=1S/C30H28N8O2.C28H34N8/c1-3-18-36-28-26(29(39)38(30(36)40)22-10-6-5-7-11-22)37(25(4-2)31-28)19-20-14-16-21(17-15-20)23-12-8-9-13-24(23)27-32-34-35-33-27;1-3-15-35-19-34(16-20-9-10-20)18-25-28(35)29-26(4-2)36(25)17-21-11-13-22(14-12-21)23-7-5-6-8-24(23)27-30-32-33-31-27/h5-17H,3-4,18-19H2,1-2H3,(H,32,33,34,35);5-8,11-14,18,20,26H,3-4,9-10,15-17,19H2,1-2H3,(H,30,31,32,33). The molecule has 0 radical (unpaired) electrons. The van der Waals surface area contributed by atoms with Crippen molar-refractivity contribution in [2.24, 2.45) is 10.9 Å². The predicted octanol–water partition coefficient (Wildman–Crippen LogP) is 8.94. The summed E-state index contributed by atoms with van der Waals surface area (Å²) in [7, 11) is 0. The van der Waals surface area contributed by atoms with Crippen LogP contribution in [0.1, 0.15) is 76.8 Å². The summed E-state index contributed by atoms with van der Waals surface area (Å²) in [5, 5.41) is 28.8. The zero-order valence-electron chi connectivity index (χ0n) is 43.4. The Balaban J connectivity index is 0.000000163. The minimum absolute atomic E-state index is 0.186. The number of rotatable bonds is 17. The second-order valence-corrected chi connectivity index (χ2v) is 19.6. The van der Waals surface area contributed by atoms with Crippen molar-refractivity contribution in [1.82, 2.24) is 74.6 Å². The van der Waals surface area contributed by atoms with Crippen molar-refractivity contribution in [3.8, 4) is 50.7 Å². The van der Waals surface area contributed by atoms with Gasteiger partial charge in [-0.1, -0.05) is 143 Å². The summed E-state index contributed by atoms with van der Waals surface area (Å²) in [6, 6.07) is 42.3. The van der Waals surface area contributed by atoms with E-state index in [0.29, 0.717) is 48.0 Å². The van der Waals surface area contributed by atoms with E-state index in [1.165, 1.54) is 34.5 Å². The number of amidine groups is 1. The molecule has 9 aromatic rings. The highest BCUT2D eigenvalue weighted by molar-refractivity contribution is 6.00. The van der Waals surface area contributed by atoms with E-state index in [0.717, 1.165) is 96.3 Å². The molecule has 2 N–H and O–H groups in total. The zero-order chi connectivity index (χ0) is 52.1. The molecule has 386 valence electrons. The van der Waals surface area contributed by atoms with Gasteiger partial charge in [-0.2, -0.15) is 0 Å². The third-order valence-electron chi connectivity index (χ3n) is 14.3. The summed E-state index contributed by atoms with van der Waals surface area (Å²) < 4.78 is 4.83. The number of imidazole rings is 1. The van der Waals surface area contributed by atoms with Gasteiger partial charge in [0.25, 0.3) is 5.56 Å².